The van der Waals surface area contributed by atoms with Crippen molar-refractivity contribution in [2.75, 3.05) is 19.8 Å². The molecule has 2 amide bonds. The van der Waals surface area contributed by atoms with Crippen molar-refractivity contribution in [3.05, 3.63) is 48.2 Å². The molecular formula is C21H27ClN4O5S. The normalized spacial score (nSPS) is 17.3. The summed E-state index contributed by atoms with van der Waals surface area (Å²) in [6.07, 6.45) is 2.03. The quantitative estimate of drug-likeness (QED) is 0.568. The van der Waals surface area contributed by atoms with Crippen LogP contribution < -0.4 is 10.5 Å². The predicted molar refractivity (Wildman–Crippen MR) is 122 cm³/mol. The fraction of sp³-hybridized carbons (Fsp3) is 0.381. The second-order valence-electron chi connectivity index (χ2n) is 7.26. The molecule has 0 radical (unpaired) electrons. The SMILES string of the molecule is CCc1c(-c2ccccn2)cccc1S(=O)(=O)N[C@@H](C(N)=O)C(=O)N1CCOC[C@@H]1C.Cl. The first kappa shape index (κ1) is 25.7. The number of halogens is 1. The van der Waals surface area contributed by atoms with E-state index in [9.17, 15) is 18.0 Å². The number of morpholine rings is 1. The third-order valence-corrected chi connectivity index (χ3v) is 6.68. The number of carbonyl (C=O) groups is 2. The van der Waals surface area contributed by atoms with Crippen LogP contribution in [0.3, 0.4) is 0 Å². The van der Waals surface area contributed by atoms with Crippen LogP contribution in [0.2, 0.25) is 0 Å². The number of aromatic nitrogens is 1. The zero-order chi connectivity index (χ0) is 22.6. The fourth-order valence-corrected chi connectivity index (χ4v) is 5.10. The van der Waals surface area contributed by atoms with Crippen LogP contribution in [0.1, 0.15) is 19.4 Å². The molecule has 0 bridgehead atoms. The molecule has 1 aliphatic rings. The van der Waals surface area contributed by atoms with E-state index in [1.54, 1.807) is 37.4 Å². The number of nitrogens with one attached hydrogen (secondary N) is 1. The molecule has 0 unspecified atom stereocenters. The highest BCUT2D eigenvalue weighted by atomic mass is 35.5. The first-order chi connectivity index (χ1) is 14.8. The van der Waals surface area contributed by atoms with E-state index in [1.165, 1.54) is 11.0 Å². The number of ether oxygens (including phenoxy) is 1. The molecule has 1 aliphatic heterocycles. The number of hydrogen-bond donors (Lipinski definition) is 2. The summed E-state index contributed by atoms with van der Waals surface area (Å²) in [5.41, 5.74) is 7.23. The van der Waals surface area contributed by atoms with E-state index in [2.05, 4.69) is 9.71 Å². The van der Waals surface area contributed by atoms with Crippen LogP contribution in [0, 0.1) is 0 Å². The third-order valence-electron chi connectivity index (χ3n) is 5.17. The van der Waals surface area contributed by atoms with Gasteiger partial charge in [0.15, 0.2) is 6.04 Å². The van der Waals surface area contributed by atoms with Crippen molar-refractivity contribution in [1.82, 2.24) is 14.6 Å². The Morgan fingerprint density at radius 2 is 2.03 bits per heavy atom. The number of hydrogen-bond acceptors (Lipinski definition) is 6. The van der Waals surface area contributed by atoms with Crippen molar-refractivity contribution in [3.63, 3.8) is 0 Å². The van der Waals surface area contributed by atoms with Gasteiger partial charge in [-0.25, -0.2) is 8.42 Å². The number of rotatable bonds is 7. The van der Waals surface area contributed by atoms with Crippen molar-refractivity contribution < 1.29 is 22.7 Å². The lowest BCUT2D eigenvalue weighted by atomic mass is 10.0. The van der Waals surface area contributed by atoms with E-state index in [1.807, 2.05) is 13.0 Å². The van der Waals surface area contributed by atoms with E-state index in [0.29, 0.717) is 36.5 Å². The van der Waals surface area contributed by atoms with Crippen LogP contribution in [0.4, 0.5) is 0 Å². The molecule has 1 aromatic heterocycles. The van der Waals surface area contributed by atoms with Crippen molar-refractivity contribution >= 4 is 34.2 Å². The van der Waals surface area contributed by atoms with Gasteiger partial charge >= 0.3 is 0 Å². The van der Waals surface area contributed by atoms with Crippen LogP contribution in [0.15, 0.2) is 47.5 Å². The largest absolute Gasteiger partial charge is 0.377 e. The lowest BCUT2D eigenvalue weighted by molar-refractivity contribution is -0.144. The monoisotopic (exact) mass is 482 g/mol. The first-order valence-electron chi connectivity index (χ1n) is 9.99. The number of pyridine rings is 1. The fourth-order valence-electron chi connectivity index (χ4n) is 3.61. The van der Waals surface area contributed by atoms with Gasteiger partial charge in [-0.3, -0.25) is 14.6 Å². The molecule has 174 valence electrons. The van der Waals surface area contributed by atoms with E-state index < -0.39 is 27.9 Å². The Hall–Kier alpha value is -2.53. The molecular weight excluding hydrogens is 456 g/mol. The smallest absolute Gasteiger partial charge is 0.250 e. The minimum Gasteiger partial charge on any atom is -0.377 e. The van der Waals surface area contributed by atoms with Crippen molar-refractivity contribution in [3.8, 4) is 11.3 Å². The number of nitrogens with two attached hydrogens (primary N) is 1. The topological polar surface area (TPSA) is 132 Å². The van der Waals surface area contributed by atoms with Gasteiger partial charge in [-0.1, -0.05) is 25.1 Å². The molecule has 1 saturated heterocycles. The van der Waals surface area contributed by atoms with Crippen molar-refractivity contribution in [2.45, 2.75) is 37.2 Å². The van der Waals surface area contributed by atoms with Crippen LogP contribution in [-0.4, -0.2) is 62.0 Å². The summed E-state index contributed by atoms with van der Waals surface area (Å²) in [6, 6.07) is 8.18. The minimum atomic E-state index is -4.24. The Morgan fingerprint density at radius 1 is 1.28 bits per heavy atom. The number of primary amides is 1. The molecule has 9 nitrogen and oxygen atoms in total. The summed E-state index contributed by atoms with van der Waals surface area (Å²) < 4.78 is 34.0. The van der Waals surface area contributed by atoms with Crippen molar-refractivity contribution in [1.29, 1.82) is 0 Å². The van der Waals surface area contributed by atoms with Gasteiger partial charge in [0.05, 0.1) is 29.8 Å². The summed E-state index contributed by atoms with van der Waals surface area (Å²) in [4.78, 5) is 30.7. The van der Waals surface area contributed by atoms with E-state index in [0.717, 1.165) is 0 Å². The third kappa shape index (κ3) is 5.44. The molecule has 32 heavy (non-hydrogen) atoms. The standard InChI is InChI=1S/C21H26N4O5S.ClH/c1-3-15-16(17-8-4-5-10-23-17)7-6-9-18(15)31(28,29)24-19(20(22)26)21(27)25-11-12-30-13-14(25)2;/h4-10,14,19,24H,3,11-13H2,1-2H3,(H2,22,26);1H/t14-,19-;/m0./s1. The molecule has 1 aromatic carbocycles. The minimum absolute atomic E-state index is 0. The van der Waals surface area contributed by atoms with Gasteiger partial charge in [0.2, 0.25) is 15.9 Å². The maximum Gasteiger partial charge on any atom is 0.250 e. The molecule has 1 fully saturated rings. The van der Waals surface area contributed by atoms with Gasteiger partial charge in [0.25, 0.3) is 5.91 Å². The van der Waals surface area contributed by atoms with Gasteiger partial charge in [-0.15, -0.1) is 12.4 Å². The average Bonchev–Trinajstić information content (AvgIpc) is 2.77. The zero-order valence-corrected chi connectivity index (χ0v) is 19.5. The molecule has 3 rings (SSSR count). The number of sulfonamides is 1. The summed E-state index contributed by atoms with van der Waals surface area (Å²) in [5, 5.41) is 0. The second kappa shape index (κ2) is 10.9. The van der Waals surface area contributed by atoms with Gasteiger partial charge in [0.1, 0.15) is 0 Å². The Bertz CT molecular complexity index is 1070. The molecule has 0 spiro atoms. The highest BCUT2D eigenvalue weighted by Gasteiger charge is 2.37. The Kier molecular flexibility index (Phi) is 8.73. The van der Waals surface area contributed by atoms with Crippen LogP contribution in [0.5, 0.6) is 0 Å². The molecule has 0 aliphatic carbocycles. The molecule has 2 aromatic rings. The van der Waals surface area contributed by atoms with E-state index in [-0.39, 0.29) is 29.9 Å². The van der Waals surface area contributed by atoms with Gasteiger partial charge in [-0.2, -0.15) is 4.72 Å². The molecule has 2 atom stereocenters. The van der Waals surface area contributed by atoms with Crippen molar-refractivity contribution in [2.24, 2.45) is 5.73 Å². The first-order valence-corrected chi connectivity index (χ1v) is 11.5. The number of carbonyl (C=O) groups excluding carboxylic acids is 2. The molecule has 3 N–H and O–H groups in total. The summed E-state index contributed by atoms with van der Waals surface area (Å²) in [5.74, 6) is -1.75. The molecule has 11 heteroatoms. The summed E-state index contributed by atoms with van der Waals surface area (Å²) in [6.45, 7) is 4.44. The van der Waals surface area contributed by atoms with Gasteiger partial charge < -0.3 is 15.4 Å². The number of benzene rings is 1. The Morgan fingerprint density at radius 3 is 2.62 bits per heavy atom. The highest BCUT2D eigenvalue weighted by Crippen LogP contribution is 2.28. The maximum absolute atomic E-state index is 13.2. The number of nitrogens with zero attached hydrogens (tertiary/aromatic N) is 2. The van der Waals surface area contributed by atoms with E-state index >= 15 is 0 Å². The second-order valence-corrected chi connectivity index (χ2v) is 8.95. The zero-order valence-electron chi connectivity index (χ0n) is 17.9. The van der Waals surface area contributed by atoms with Gasteiger partial charge in [0, 0.05) is 18.3 Å². The van der Waals surface area contributed by atoms with Crippen LogP contribution in [0.25, 0.3) is 11.3 Å². The molecule has 2 heterocycles. The van der Waals surface area contributed by atoms with Gasteiger partial charge in [-0.05, 0) is 37.1 Å². The maximum atomic E-state index is 13.2. The summed E-state index contributed by atoms with van der Waals surface area (Å²) in [7, 11) is -4.24. The van der Waals surface area contributed by atoms with Crippen LogP contribution >= 0.6 is 12.4 Å². The number of amides is 2. The Labute approximate surface area is 193 Å². The average molecular weight is 483 g/mol. The van der Waals surface area contributed by atoms with Crippen LogP contribution in [-0.2, 0) is 30.8 Å². The highest BCUT2D eigenvalue weighted by molar-refractivity contribution is 7.89. The lowest BCUT2D eigenvalue weighted by Crippen LogP contribution is -2.59. The van der Waals surface area contributed by atoms with E-state index in [4.69, 9.17) is 10.5 Å². The predicted octanol–water partition coefficient (Wildman–Crippen LogP) is 1.11. The molecule has 0 saturated carbocycles. The Balaban J connectivity index is 0.00000363. The lowest BCUT2D eigenvalue weighted by Gasteiger charge is -2.35. The summed E-state index contributed by atoms with van der Waals surface area (Å²) >= 11 is 0.